The molecule has 8 heteroatoms. The Morgan fingerprint density at radius 3 is 2.63 bits per heavy atom. The minimum atomic E-state index is -1.32. The fourth-order valence-electron chi connectivity index (χ4n) is 2.14. The molecule has 1 aliphatic carbocycles. The van der Waals surface area contributed by atoms with Gasteiger partial charge < -0.3 is 26.2 Å². The lowest BCUT2D eigenvalue weighted by Gasteiger charge is -2.21. The third-order valence-corrected chi connectivity index (χ3v) is 3.08. The topological polar surface area (TPSA) is 131 Å². The summed E-state index contributed by atoms with van der Waals surface area (Å²) in [5.74, 6) is -2.09. The molecule has 2 unspecified atom stereocenters. The summed E-state index contributed by atoms with van der Waals surface area (Å²) in [4.78, 5) is 33.2. The summed E-state index contributed by atoms with van der Waals surface area (Å²) >= 11 is 0. The van der Waals surface area contributed by atoms with E-state index in [2.05, 4.69) is 10.6 Å². The second-order valence-electron chi connectivity index (χ2n) is 4.49. The number of ether oxygens (including phenoxy) is 1. The average Bonchev–Trinajstić information content (AvgIpc) is 2.74. The van der Waals surface area contributed by atoms with E-state index in [0.717, 1.165) is 19.3 Å². The van der Waals surface area contributed by atoms with E-state index in [4.69, 9.17) is 15.6 Å². The van der Waals surface area contributed by atoms with Crippen LogP contribution in [0.3, 0.4) is 0 Å². The van der Waals surface area contributed by atoms with Gasteiger partial charge in [-0.1, -0.05) is 0 Å². The van der Waals surface area contributed by atoms with E-state index < -0.39 is 30.4 Å². The lowest BCUT2D eigenvalue weighted by molar-refractivity contribution is -0.140. The van der Waals surface area contributed by atoms with Crippen molar-refractivity contribution in [2.45, 2.75) is 43.9 Å². The number of carbonyl (C=O) groups is 3. The van der Waals surface area contributed by atoms with E-state index in [1.54, 1.807) is 7.11 Å². The van der Waals surface area contributed by atoms with Gasteiger partial charge >= 0.3 is 12.0 Å². The molecule has 1 rings (SSSR count). The Hall–Kier alpha value is -1.83. The first-order valence-electron chi connectivity index (χ1n) is 6.05. The number of nitrogens with one attached hydrogen (secondary N) is 2. The molecule has 3 amide bonds. The molecule has 0 aromatic rings. The molecule has 0 spiro atoms. The van der Waals surface area contributed by atoms with Crippen LogP contribution in [0.1, 0.15) is 25.7 Å². The van der Waals surface area contributed by atoms with Gasteiger partial charge in [-0.15, -0.1) is 0 Å². The molecule has 108 valence electrons. The largest absolute Gasteiger partial charge is 0.480 e. The maximum absolute atomic E-state index is 11.7. The Morgan fingerprint density at radius 1 is 1.42 bits per heavy atom. The zero-order valence-corrected chi connectivity index (χ0v) is 10.7. The standard InChI is InChI=1S/C11H19N3O5/c1-19-8-4-2-3-6(8)13-11(18)14-7(10(16)17)5-9(12)15/h6-8H,2-5H2,1H3,(H2,12,15)(H,16,17)(H2,13,14,18)/t6?,7-,8?/m1/s1. The van der Waals surface area contributed by atoms with Gasteiger partial charge in [0.2, 0.25) is 5.91 Å². The number of aliphatic carboxylic acids is 1. The van der Waals surface area contributed by atoms with Crippen LogP contribution in [-0.2, 0) is 14.3 Å². The highest BCUT2D eigenvalue weighted by atomic mass is 16.5. The van der Waals surface area contributed by atoms with E-state index in [-0.39, 0.29) is 12.1 Å². The Kier molecular flexibility index (Phi) is 5.56. The van der Waals surface area contributed by atoms with Crippen molar-refractivity contribution in [1.29, 1.82) is 0 Å². The highest BCUT2D eigenvalue weighted by molar-refractivity contribution is 5.87. The fraction of sp³-hybridized carbons (Fsp3) is 0.727. The molecule has 1 fully saturated rings. The van der Waals surface area contributed by atoms with Crippen molar-refractivity contribution in [2.24, 2.45) is 5.73 Å². The van der Waals surface area contributed by atoms with Crippen LogP contribution in [0.2, 0.25) is 0 Å². The molecular weight excluding hydrogens is 254 g/mol. The number of primary amides is 1. The van der Waals surface area contributed by atoms with Crippen molar-refractivity contribution < 1.29 is 24.2 Å². The summed E-state index contributed by atoms with van der Waals surface area (Å²) in [6, 6.07) is -2.10. The number of carboxylic acids is 1. The molecule has 5 N–H and O–H groups in total. The molecule has 0 aromatic carbocycles. The van der Waals surface area contributed by atoms with Crippen molar-refractivity contribution in [3.05, 3.63) is 0 Å². The summed E-state index contributed by atoms with van der Waals surface area (Å²) < 4.78 is 5.21. The molecule has 0 aromatic heterocycles. The lowest BCUT2D eigenvalue weighted by Crippen LogP contribution is -2.51. The molecule has 0 radical (unpaired) electrons. The second-order valence-corrected chi connectivity index (χ2v) is 4.49. The van der Waals surface area contributed by atoms with Gasteiger partial charge in [0.25, 0.3) is 0 Å². The van der Waals surface area contributed by atoms with Gasteiger partial charge in [0.05, 0.1) is 18.6 Å². The number of hydrogen-bond acceptors (Lipinski definition) is 4. The monoisotopic (exact) mass is 273 g/mol. The molecule has 19 heavy (non-hydrogen) atoms. The Labute approximate surface area is 110 Å². The van der Waals surface area contributed by atoms with Crippen molar-refractivity contribution >= 4 is 17.9 Å². The van der Waals surface area contributed by atoms with E-state index in [1.165, 1.54) is 0 Å². The highest BCUT2D eigenvalue weighted by Crippen LogP contribution is 2.21. The number of nitrogens with two attached hydrogens (primary N) is 1. The van der Waals surface area contributed by atoms with Crippen LogP contribution in [0, 0.1) is 0 Å². The number of methoxy groups -OCH3 is 1. The molecule has 3 atom stereocenters. The fourth-order valence-corrected chi connectivity index (χ4v) is 2.14. The van der Waals surface area contributed by atoms with Crippen molar-refractivity contribution in [2.75, 3.05) is 7.11 Å². The lowest BCUT2D eigenvalue weighted by atomic mass is 10.2. The van der Waals surface area contributed by atoms with Gasteiger partial charge in [0.1, 0.15) is 6.04 Å². The molecular formula is C11H19N3O5. The summed E-state index contributed by atoms with van der Waals surface area (Å²) in [7, 11) is 1.57. The second kappa shape index (κ2) is 6.93. The Balaban J connectivity index is 2.48. The van der Waals surface area contributed by atoms with Crippen molar-refractivity contribution in [3.63, 3.8) is 0 Å². The van der Waals surface area contributed by atoms with Gasteiger partial charge in [0.15, 0.2) is 0 Å². The third kappa shape index (κ3) is 4.74. The van der Waals surface area contributed by atoms with Gasteiger partial charge in [0, 0.05) is 7.11 Å². The van der Waals surface area contributed by atoms with Gasteiger partial charge in [-0.3, -0.25) is 4.79 Å². The predicted molar refractivity (Wildman–Crippen MR) is 65.3 cm³/mol. The highest BCUT2D eigenvalue weighted by Gasteiger charge is 2.30. The van der Waals surface area contributed by atoms with Crippen LogP contribution in [0.15, 0.2) is 0 Å². The first-order valence-corrected chi connectivity index (χ1v) is 6.05. The number of rotatable bonds is 6. The maximum Gasteiger partial charge on any atom is 0.326 e. The summed E-state index contributed by atoms with van der Waals surface area (Å²) in [6.45, 7) is 0. The molecule has 0 saturated heterocycles. The molecule has 8 nitrogen and oxygen atoms in total. The van der Waals surface area contributed by atoms with Crippen LogP contribution < -0.4 is 16.4 Å². The molecule has 0 aliphatic heterocycles. The predicted octanol–water partition coefficient (Wildman–Crippen LogP) is -0.818. The van der Waals surface area contributed by atoms with E-state index in [0.29, 0.717) is 0 Å². The number of hydrogen-bond donors (Lipinski definition) is 4. The zero-order valence-electron chi connectivity index (χ0n) is 10.7. The van der Waals surface area contributed by atoms with Gasteiger partial charge in [-0.25, -0.2) is 9.59 Å². The molecule has 0 heterocycles. The summed E-state index contributed by atoms with van der Waals surface area (Å²) in [5.41, 5.74) is 4.92. The minimum absolute atomic E-state index is 0.0647. The van der Waals surface area contributed by atoms with E-state index in [1.807, 2.05) is 0 Å². The zero-order chi connectivity index (χ0) is 14.4. The van der Waals surface area contributed by atoms with Crippen LogP contribution in [0.5, 0.6) is 0 Å². The summed E-state index contributed by atoms with van der Waals surface area (Å²) in [6.07, 6.45) is 2.06. The van der Waals surface area contributed by atoms with Gasteiger partial charge in [-0.05, 0) is 19.3 Å². The van der Waals surface area contributed by atoms with Crippen LogP contribution in [0.4, 0.5) is 4.79 Å². The number of amides is 3. The molecule has 0 bridgehead atoms. The van der Waals surface area contributed by atoms with Crippen molar-refractivity contribution in [1.82, 2.24) is 10.6 Å². The van der Waals surface area contributed by atoms with E-state index in [9.17, 15) is 14.4 Å². The van der Waals surface area contributed by atoms with Crippen LogP contribution >= 0.6 is 0 Å². The van der Waals surface area contributed by atoms with Crippen molar-refractivity contribution in [3.8, 4) is 0 Å². The molecule has 1 aliphatic rings. The van der Waals surface area contributed by atoms with Crippen LogP contribution in [-0.4, -0.2) is 48.3 Å². The Bertz CT molecular complexity index is 360. The first-order chi connectivity index (χ1) is 8.93. The maximum atomic E-state index is 11.7. The quantitative estimate of drug-likeness (QED) is 0.502. The SMILES string of the molecule is COC1CCCC1NC(=O)N[C@H](CC(N)=O)C(=O)O. The van der Waals surface area contributed by atoms with E-state index >= 15 is 0 Å². The number of urea groups is 1. The minimum Gasteiger partial charge on any atom is -0.480 e. The number of carboxylic acid groups (broad SMARTS) is 1. The molecule has 1 saturated carbocycles. The third-order valence-electron chi connectivity index (χ3n) is 3.08. The average molecular weight is 273 g/mol. The van der Waals surface area contributed by atoms with Crippen LogP contribution in [0.25, 0.3) is 0 Å². The normalized spacial score (nSPS) is 23.6. The number of carbonyl (C=O) groups excluding carboxylic acids is 2. The smallest absolute Gasteiger partial charge is 0.326 e. The summed E-state index contributed by atoms with van der Waals surface area (Å²) in [5, 5.41) is 13.7. The first kappa shape index (κ1) is 15.2. The Morgan fingerprint density at radius 2 is 2.11 bits per heavy atom. The van der Waals surface area contributed by atoms with Gasteiger partial charge in [-0.2, -0.15) is 0 Å².